The number of ether oxygens (including phenoxy) is 1. The predicted molar refractivity (Wildman–Crippen MR) is 82.4 cm³/mol. The smallest absolute Gasteiger partial charge is 0.337 e. The van der Waals surface area contributed by atoms with Crippen LogP contribution in [0.3, 0.4) is 0 Å². The maximum absolute atomic E-state index is 12.1. The maximum Gasteiger partial charge on any atom is 0.337 e. The normalized spacial score (nSPS) is 10.0. The van der Waals surface area contributed by atoms with Gasteiger partial charge in [0.05, 0.1) is 12.7 Å². The van der Waals surface area contributed by atoms with Gasteiger partial charge in [0.25, 0.3) is 5.91 Å². The number of hydrogen-bond acceptors (Lipinski definition) is 4. The lowest BCUT2D eigenvalue weighted by molar-refractivity contribution is 0.0600. The van der Waals surface area contributed by atoms with E-state index in [1.807, 2.05) is 0 Å². The zero-order valence-corrected chi connectivity index (χ0v) is 13.1. The van der Waals surface area contributed by atoms with Gasteiger partial charge >= 0.3 is 5.97 Å². The minimum Gasteiger partial charge on any atom is -0.465 e. The van der Waals surface area contributed by atoms with E-state index in [9.17, 15) is 9.59 Å². The lowest BCUT2D eigenvalue weighted by Crippen LogP contribution is -2.14. The molecule has 0 bridgehead atoms. The fraction of sp³-hybridized carbons (Fsp3) is 0.133. The van der Waals surface area contributed by atoms with Crippen molar-refractivity contribution in [2.24, 2.45) is 0 Å². The second-order valence-corrected chi connectivity index (χ2v) is 5.25. The zero-order valence-electron chi connectivity index (χ0n) is 11.5. The van der Waals surface area contributed by atoms with Crippen molar-refractivity contribution in [3.8, 4) is 0 Å². The molecule has 0 saturated heterocycles. The van der Waals surface area contributed by atoms with Gasteiger partial charge in [0.2, 0.25) is 0 Å². The van der Waals surface area contributed by atoms with Crippen molar-refractivity contribution >= 4 is 33.5 Å². The molecule has 0 fully saturated rings. The van der Waals surface area contributed by atoms with Crippen LogP contribution >= 0.6 is 15.9 Å². The average molecular weight is 349 g/mol. The number of carbonyl (C=O) groups excluding carboxylic acids is 2. The third-order valence-electron chi connectivity index (χ3n) is 2.86. The molecule has 1 aromatic heterocycles. The number of aryl methyl sites for hydroxylation is 1. The van der Waals surface area contributed by atoms with Crippen LogP contribution in [0.15, 0.2) is 41.0 Å². The standard InChI is InChI=1S/C15H13BrN2O3/c1-9-7-10(15(20)21-2)3-5-12(9)18-14(19)13-6-4-11(16)8-17-13/h3-8H,1-2H3,(H,18,19). The summed E-state index contributed by atoms with van der Waals surface area (Å²) < 4.78 is 5.46. The molecule has 0 unspecified atom stereocenters. The van der Waals surface area contributed by atoms with E-state index < -0.39 is 5.97 Å². The third-order valence-corrected chi connectivity index (χ3v) is 3.32. The highest BCUT2D eigenvalue weighted by atomic mass is 79.9. The van der Waals surface area contributed by atoms with Crippen LogP contribution in [0.4, 0.5) is 5.69 Å². The quantitative estimate of drug-likeness (QED) is 0.865. The molecule has 108 valence electrons. The van der Waals surface area contributed by atoms with Gasteiger partial charge in [-0.05, 0) is 58.7 Å². The van der Waals surface area contributed by atoms with Crippen LogP contribution < -0.4 is 5.32 Å². The summed E-state index contributed by atoms with van der Waals surface area (Å²) in [6, 6.07) is 8.30. The molecule has 1 amide bonds. The Morgan fingerprint density at radius 3 is 2.57 bits per heavy atom. The lowest BCUT2D eigenvalue weighted by atomic mass is 10.1. The van der Waals surface area contributed by atoms with E-state index in [1.165, 1.54) is 7.11 Å². The van der Waals surface area contributed by atoms with E-state index in [-0.39, 0.29) is 5.91 Å². The molecule has 21 heavy (non-hydrogen) atoms. The van der Waals surface area contributed by atoms with Crippen LogP contribution in [0, 0.1) is 6.92 Å². The largest absolute Gasteiger partial charge is 0.465 e. The summed E-state index contributed by atoms with van der Waals surface area (Å²) >= 11 is 3.26. The van der Waals surface area contributed by atoms with E-state index in [2.05, 4.69) is 31.0 Å². The van der Waals surface area contributed by atoms with Gasteiger partial charge < -0.3 is 10.1 Å². The highest BCUT2D eigenvalue weighted by Crippen LogP contribution is 2.18. The first-order valence-electron chi connectivity index (χ1n) is 6.13. The van der Waals surface area contributed by atoms with Gasteiger partial charge in [0.1, 0.15) is 5.69 Å². The minimum atomic E-state index is -0.412. The molecule has 0 radical (unpaired) electrons. The predicted octanol–water partition coefficient (Wildman–Crippen LogP) is 3.19. The number of methoxy groups -OCH3 is 1. The van der Waals surface area contributed by atoms with E-state index in [1.54, 1.807) is 43.5 Å². The van der Waals surface area contributed by atoms with Gasteiger partial charge in [-0.2, -0.15) is 0 Å². The van der Waals surface area contributed by atoms with Gasteiger partial charge in [0.15, 0.2) is 0 Å². The molecule has 2 aromatic rings. The number of pyridine rings is 1. The lowest BCUT2D eigenvalue weighted by Gasteiger charge is -2.09. The van der Waals surface area contributed by atoms with Crippen molar-refractivity contribution in [2.75, 3.05) is 12.4 Å². The number of anilines is 1. The number of aromatic nitrogens is 1. The molecular formula is C15H13BrN2O3. The summed E-state index contributed by atoms with van der Waals surface area (Å²) in [6.07, 6.45) is 1.56. The van der Waals surface area contributed by atoms with Gasteiger partial charge in [-0.1, -0.05) is 0 Å². The summed E-state index contributed by atoms with van der Waals surface area (Å²) in [7, 11) is 1.33. The number of nitrogens with zero attached hydrogens (tertiary/aromatic N) is 1. The van der Waals surface area contributed by atoms with Gasteiger partial charge in [-0.3, -0.25) is 4.79 Å². The van der Waals surface area contributed by atoms with Crippen LogP contribution in [-0.4, -0.2) is 24.0 Å². The van der Waals surface area contributed by atoms with Crippen molar-refractivity contribution in [3.63, 3.8) is 0 Å². The fourth-order valence-corrected chi connectivity index (χ4v) is 1.98. The number of halogens is 1. The third kappa shape index (κ3) is 3.66. The second kappa shape index (κ2) is 6.49. The Morgan fingerprint density at radius 2 is 2.00 bits per heavy atom. The molecule has 0 atom stereocenters. The summed E-state index contributed by atoms with van der Waals surface area (Å²) in [4.78, 5) is 27.5. The van der Waals surface area contributed by atoms with Crippen LogP contribution in [0.2, 0.25) is 0 Å². The summed E-state index contributed by atoms with van der Waals surface area (Å²) in [5.74, 6) is -0.720. The van der Waals surface area contributed by atoms with Crippen molar-refractivity contribution in [1.82, 2.24) is 4.98 Å². The number of amides is 1. The van der Waals surface area contributed by atoms with Crippen LogP contribution in [0.5, 0.6) is 0 Å². The van der Waals surface area contributed by atoms with Crippen molar-refractivity contribution in [2.45, 2.75) is 6.92 Å². The fourth-order valence-electron chi connectivity index (χ4n) is 1.75. The van der Waals surface area contributed by atoms with E-state index in [4.69, 9.17) is 0 Å². The molecule has 2 rings (SSSR count). The van der Waals surface area contributed by atoms with Crippen molar-refractivity contribution in [1.29, 1.82) is 0 Å². The highest BCUT2D eigenvalue weighted by Gasteiger charge is 2.11. The van der Waals surface area contributed by atoms with Crippen molar-refractivity contribution < 1.29 is 14.3 Å². The molecule has 1 aromatic carbocycles. The van der Waals surface area contributed by atoms with Gasteiger partial charge in [0, 0.05) is 16.4 Å². The summed E-state index contributed by atoms with van der Waals surface area (Å²) in [5.41, 5.74) is 2.14. The van der Waals surface area contributed by atoms with Crippen LogP contribution in [-0.2, 0) is 4.74 Å². The number of hydrogen-bond donors (Lipinski definition) is 1. The molecular weight excluding hydrogens is 336 g/mol. The second-order valence-electron chi connectivity index (χ2n) is 4.34. The summed E-state index contributed by atoms with van der Waals surface area (Å²) in [6.45, 7) is 1.80. The first-order valence-corrected chi connectivity index (χ1v) is 6.92. The molecule has 0 aliphatic rings. The molecule has 1 heterocycles. The molecule has 0 aliphatic carbocycles. The van der Waals surface area contributed by atoms with E-state index in [0.29, 0.717) is 16.9 Å². The highest BCUT2D eigenvalue weighted by molar-refractivity contribution is 9.10. The van der Waals surface area contributed by atoms with Gasteiger partial charge in [-0.25, -0.2) is 9.78 Å². The SMILES string of the molecule is COC(=O)c1ccc(NC(=O)c2ccc(Br)cn2)c(C)c1. The number of nitrogens with one attached hydrogen (secondary N) is 1. The van der Waals surface area contributed by atoms with Gasteiger partial charge in [-0.15, -0.1) is 0 Å². The number of rotatable bonds is 3. The Labute approximate surface area is 130 Å². The number of carbonyl (C=O) groups is 2. The number of benzene rings is 1. The topological polar surface area (TPSA) is 68.3 Å². The van der Waals surface area contributed by atoms with E-state index >= 15 is 0 Å². The molecule has 0 aliphatic heterocycles. The first-order chi connectivity index (χ1) is 10.0. The van der Waals surface area contributed by atoms with Crippen molar-refractivity contribution in [3.05, 3.63) is 57.8 Å². The monoisotopic (exact) mass is 348 g/mol. The molecule has 0 saturated carbocycles. The Morgan fingerprint density at radius 1 is 1.24 bits per heavy atom. The maximum atomic E-state index is 12.1. The van der Waals surface area contributed by atoms with Crippen LogP contribution in [0.25, 0.3) is 0 Å². The molecule has 0 spiro atoms. The molecule has 6 heteroatoms. The minimum absolute atomic E-state index is 0.309. The van der Waals surface area contributed by atoms with E-state index in [0.717, 1.165) is 10.0 Å². The Balaban J connectivity index is 2.18. The Kier molecular flexibility index (Phi) is 4.70. The Hall–Kier alpha value is -2.21. The zero-order chi connectivity index (χ0) is 15.4. The van der Waals surface area contributed by atoms with Crippen LogP contribution in [0.1, 0.15) is 26.4 Å². The average Bonchev–Trinajstić information content (AvgIpc) is 2.49. The Bertz CT molecular complexity index is 684. The first kappa shape index (κ1) is 15.2. The molecule has 1 N–H and O–H groups in total. The number of esters is 1. The summed E-state index contributed by atoms with van der Waals surface area (Å²) in [5, 5.41) is 2.76. The molecule has 5 nitrogen and oxygen atoms in total.